The van der Waals surface area contributed by atoms with E-state index in [4.69, 9.17) is 13.9 Å². The van der Waals surface area contributed by atoms with E-state index in [-0.39, 0.29) is 18.0 Å². The molecule has 0 atom stereocenters. The Bertz CT molecular complexity index is 1350. The highest BCUT2D eigenvalue weighted by Gasteiger charge is 2.23. The fraction of sp³-hybridized carbons (Fsp3) is 0.414. The zero-order valence-corrected chi connectivity index (χ0v) is 23.2. The number of nitrogens with one attached hydrogen (secondary N) is 3. The van der Waals surface area contributed by atoms with E-state index in [1.807, 2.05) is 51.1 Å². The summed E-state index contributed by atoms with van der Waals surface area (Å²) in [6.07, 6.45) is 1.59. The van der Waals surface area contributed by atoms with Gasteiger partial charge in [-0.1, -0.05) is 6.07 Å². The molecule has 2 aliphatic rings. The average Bonchev–Trinajstić information content (AvgIpc) is 3.59. The quantitative estimate of drug-likeness (QED) is 0.350. The predicted octanol–water partition coefficient (Wildman–Crippen LogP) is 3.77. The number of benzene rings is 2. The van der Waals surface area contributed by atoms with Gasteiger partial charge in [-0.15, -0.1) is 0 Å². The Morgan fingerprint density at radius 1 is 1.15 bits per heavy atom. The number of rotatable bonds is 10. The zero-order chi connectivity index (χ0) is 28.1. The van der Waals surface area contributed by atoms with Gasteiger partial charge in [0.25, 0.3) is 11.9 Å². The van der Waals surface area contributed by atoms with Crippen LogP contribution in [0.1, 0.15) is 29.8 Å². The molecular formula is C29H36N6O5. The monoisotopic (exact) mass is 548 g/mol. The number of urea groups is 1. The molecule has 2 fully saturated rings. The maximum absolute atomic E-state index is 12.8. The van der Waals surface area contributed by atoms with Crippen LogP contribution in [0.25, 0.3) is 11.3 Å². The first kappa shape index (κ1) is 27.5. The molecule has 0 unspecified atom stereocenters. The predicted molar refractivity (Wildman–Crippen MR) is 153 cm³/mol. The molecule has 212 valence electrons. The maximum Gasteiger partial charge on any atom is 0.321 e. The number of ether oxygens (including phenoxy) is 2. The van der Waals surface area contributed by atoms with Gasteiger partial charge in [-0.05, 0) is 50.6 Å². The number of amides is 3. The lowest BCUT2D eigenvalue weighted by Crippen LogP contribution is -2.41. The van der Waals surface area contributed by atoms with Gasteiger partial charge in [-0.3, -0.25) is 14.6 Å². The van der Waals surface area contributed by atoms with Crippen LogP contribution < -0.4 is 25.6 Å². The Morgan fingerprint density at radius 3 is 2.73 bits per heavy atom. The minimum absolute atomic E-state index is 0.0331. The van der Waals surface area contributed by atoms with E-state index in [0.717, 1.165) is 55.3 Å². The van der Waals surface area contributed by atoms with Gasteiger partial charge in [0.1, 0.15) is 5.75 Å². The van der Waals surface area contributed by atoms with Crippen LogP contribution in [0.15, 0.2) is 47.0 Å². The van der Waals surface area contributed by atoms with Crippen molar-refractivity contribution in [2.24, 2.45) is 0 Å². The molecule has 11 nitrogen and oxygen atoms in total. The lowest BCUT2D eigenvalue weighted by atomic mass is 10.1. The van der Waals surface area contributed by atoms with Crippen molar-refractivity contribution >= 4 is 29.3 Å². The zero-order valence-electron chi connectivity index (χ0n) is 23.2. The number of carbonyl (C=O) groups is 2. The summed E-state index contributed by atoms with van der Waals surface area (Å²) in [5.41, 5.74) is 3.67. The molecule has 0 spiro atoms. The lowest BCUT2D eigenvalue weighted by Gasteiger charge is -2.26. The fourth-order valence-corrected chi connectivity index (χ4v) is 4.67. The standard InChI is InChI=1S/C29H36N6O5/c1-19(2)39-24-15-22(14-23(17-24)35-9-7-31-29(35)37)26-18-32-28(40-26)33-25-16-21(5-4-20(25)3)27(36)30-6-8-34-10-12-38-13-11-34/h4-5,14-19H,6-13H2,1-3H3,(H,30,36)(H,31,37)(H,32,33). The van der Waals surface area contributed by atoms with Crippen molar-refractivity contribution in [3.8, 4) is 17.1 Å². The first-order valence-electron chi connectivity index (χ1n) is 13.6. The van der Waals surface area contributed by atoms with Crippen LogP contribution in [0.5, 0.6) is 5.75 Å². The molecule has 0 bridgehead atoms. The van der Waals surface area contributed by atoms with Gasteiger partial charge in [-0.25, -0.2) is 9.78 Å². The Morgan fingerprint density at radius 2 is 1.98 bits per heavy atom. The van der Waals surface area contributed by atoms with Crippen molar-refractivity contribution in [1.29, 1.82) is 0 Å². The molecule has 2 aliphatic heterocycles. The highest BCUT2D eigenvalue weighted by Crippen LogP contribution is 2.33. The highest BCUT2D eigenvalue weighted by atomic mass is 16.5. The van der Waals surface area contributed by atoms with E-state index in [0.29, 0.717) is 42.7 Å². The van der Waals surface area contributed by atoms with Crippen molar-refractivity contribution in [3.05, 3.63) is 53.7 Å². The minimum Gasteiger partial charge on any atom is -0.491 e. The molecule has 1 aromatic heterocycles. The van der Waals surface area contributed by atoms with Crippen molar-refractivity contribution in [1.82, 2.24) is 20.5 Å². The van der Waals surface area contributed by atoms with Gasteiger partial charge in [0.2, 0.25) is 0 Å². The first-order chi connectivity index (χ1) is 19.4. The topological polar surface area (TPSA) is 121 Å². The molecule has 3 heterocycles. The molecule has 2 aromatic carbocycles. The van der Waals surface area contributed by atoms with Crippen LogP contribution in [-0.4, -0.2) is 80.4 Å². The fourth-order valence-electron chi connectivity index (χ4n) is 4.67. The van der Waals surface area contributed by atoms with Crippen molar-refractivity contribution < 1.29 is 23.5 Å². The largest absolute Gasteiger partial charge is 0.491 e. The molecule has 11 heteroatoms. The van der Waals surface area contributed by atoms with Crippen LogP contribution >= 0.6 is 0 Å². The summed E-state index contributed by atoms with van der Waals surface area (Å²) in [4.78, 5) is 33.5. The third-order valence-electron chi connectivity index (χ3n) is 6.78. The van der Waals surface area contributed by atoms with Crippen LogP contribution in [-0.2, 0) is 4.74 Å². The Labute approximate surface area is 233 Å². The normalized spacial score (nSPS) is 15.8. The summed E-state index contributed by atoms with van der Waals surface area (Å²) in [6.45, 7) is 11.6. The van der Waals surface area contributed by atoms with Crippen molar-refractivity contribution in [3.63, 3.8) is 0 Å². The number of anilines is 3. The van der Waals surface area contributed by atoms with Gasteiger partial charge in [0, 0.05) is 67.8 Å². The average molecular weight is 549 g/mol. The molecule has 0 saturated carbocycles. The summed E-state index contributed by atoms with van der Waals surface area (Å²) < 4.78 is 17.4. The van der Waals surface area contributed by atoms with E-state index in [9.17, 15) is 9.59 Å². The number of morpholine rings is 1. The number of aryl methyl sites for hydroxylation is 1. The van der Waals surface area contributed by atoms with Crippen LogP contribution in [0.4, 0.5) is 22.2 Å². The number of hydrogen-bond acceptors (Lipinski definition) is 8. The SMILES string of the molecule is Cc1ccc(C(=O)NCCN2CCOCC2)cc1Nc1ncc(-c2cc(OC(C)C)cc(N3CCNC3=O)c2)o1. The number of oxazole rings is 1. The first-order valence-corrected chi connectivity index (χ1v) is 13.6. The third-order valence-corrected chi connectivity index (χ3v) is 6.78. The summed E-state index contributed by atoms with van der Waals surface area (Å²) in [5.74, 6) is 1.02. The Balaban J connectivity index is 1.29. The third kappa shape index (κ3) is 6.72. The van der Waals surface area contributed by atoms with E-state index >= 15 is 0 Å². The smallest absolute Gasteiger partial charge is 0.321 e. The summed E-state index contributed by atoms with van der Waals surface area (Å²) >= 11 is 0. The van der Waals surface area contributed by atoms with Gasteiger partial charge < -0.3 is 29.8 Å². The maximum atomic E-state index is 12.8. The van der Waals surface area contributed by atoms with E-state index < -0.39 is 0 Å². The minimum atomic E-state index is -0.145. The number of nitrogens with zero attached hydrogens (tertiary/aromatic N) is 3. The molecule has 0 aliphatic carbocycles. The second-order valence-electron chi connectivity index (χ2n) is 10.2. The summed E-state index contributed by atoms with van der Waals surface area (Å²) in [6, 6.07) is 11.2. The molecule has 3 amide bonds. The van der Waals surface area contributed by atoms with Crippen molar-refractivity contribution in [2.75, 3.05) is 62.7 Å². The summed E-state index contributed by atoms with van der Waals surface area (Å²) in [7, 11) is 0. The van der Waals surface area contributed by atoms with Crippen LogP contribution in [0, 0.1) is 6.92 Å². The summed E-state index contributed by atoms with van der Waals surface area (Å²) in [5, 5.41) is 9.03. The molecule has 40 heavy (non-hydrogen) atoms. The number of aromatic nitrogens is 1. The van der Waals surface area contributed by atoms with Crippen LogP contribution in [0.3, 0.4) is 0 Å². The molecule has 3 N–H and O–H groups in total. The molecule has 3 aromatic rings. The van der Waals surface area contributed by atoms with E-state index in [1.165, 1.54) is 0 Å². The molecule has 2 saturated heterocycles. The Kier molecular flexibility index (Phi) is 8.51. The second-order valence-corrected chi connectivity index (χ2v) is 10.2. The van der Waals surface area contributed by atoms with Gasteiger partial charge >= 0.3 is 6.03 Å². The van der Waals surface area contributed by atoms with Gasteiger partial charge in [0.15, 0.2) is 5.76 Å². The molecular weight excluding hydrogens is 512 g/mol. The lowest BCUT2D eigenvalue weighted by molar-refractivity contribution is 0.0383. The number of hydrogen-bond donors (Lipinski definition) is 3. The Hall–Kier alpha value is -4.09. The molecule has 0 radical (unpaired) electrons. The van der Waals surface area contributed by atoms with Gasteiger partial charge in [0.05, 0.1) is 25.5 Å². The number of carbonyl (C=O) groups excluding carboxylic acids is 2. The highest BCUT2D eigenvalue weighted by molar-refractivity contribution is 5.96. The second kappa shape index (κ2) is 12.4. The molecule has 5 rings (SSSR count). The van der Waals surface area contributed by atoms with Gasteiger partial charge in [-0.2, -0.15) is 0 Å². The van der Waals surface area contributed by atoms with Crippen molar-refractivity contribution in [2.45, 2.75) is 26.9 Å². The van der Waals surface area contributed by atoms with E-state index in [1.54, 1.807) is 17.2 Å². The van der Waals surface area contributed by atoms with Crippen LogP contribution in [0.2, 0.25) is 0 Å². The van der Waals surface area contributed by atoms with E-state index in [2.05, 4.69) is 25.8 Å².